The Hall–Kier alpha value is -0.870. The van der Waals surface area contributed by atoms with Crippen molar-refractivity contribution in [1.82, 2.24) is 15.1 Å². The minimum Gasteiger partial charge on any atom is -0.383 e. The summed E-state index contributed by atoms with van der Waals surface area (Å²) in [6.07, 6.45) is 2.08. The van der Waals surface area contributed by atoms with Crippen LogP contribution in [0.15, 0.2) is 6.20 Å². The first-order valence-corrected chi connectivity index (χ1v) is 5.00. The first-order valence-electron chi connectivity index (χ1n) is 5.00. The molecule has 1 aromatic heterocycles. The van der Waals surface area contributed by atoms with E-state index in [1.807, 2.05) is 11.6 Å². The second-order valence-corrected chi connectivity index (χ2v) is 3.28. The third-order valence-corrected chi connectivity index (χ3v) is 2.14. The van der Waals surface area contributed by atoms with Crippen molar-refractivity contribution in [2.75, 3.05) is 20.3 Å². The van der Waals surface area contributed by atoms with Gasteiger partial charge in [-0.3, -0.25) is 4.68 Å². The van der Waals surface area contributed by atoms with E-state index in [0.29, 0.717) is 6.61 Å². The van der Waals surface area contributed by atoms with Crippen LogP contribution >= 0.6 is 0 Å². The van der Waals surface area contributed by atoms with Crippen LogP contribution in [0, 0.1) is 6.92 Å². The van der Waals surface area contributed by atoms with E-state index < -0.39 is 0 Å². The first-order chi connectivity index (χ1) is 6.77. The van der Waals surface area contributed by atoms with Crippen molar-refractivity contribution >= 4 is 0 Å². The highest BCUT2D eigenvalue weighted by Crippen LogP contribution is 2.04. The summed E-state index contributed by atoms with van der Waals surface area (Å²) < 4.78 is 6.94. The minimum atomic E-state index is 0.710. The molecule has 0 bridgehead atoms. The lowest BCUT2D eigenvalue weighted by Crippen LogP contribution is -2.11. The van der Waals surface area contributed by atoms with Crippen molar-refractivity contribution in [3.8, 4) is 0 Å². The highest BCUT2D eigenvalue weighted by atomic mass is 16.5. The van der Waals surface area contributed by atoms with Crippen LogP contribution in [0.25, 0.3) is 0 Å². The van der Waals surface area contributed by atoms with E-state index in [1.165, 1.54) is 5.56 Å². The van der Waals surface area contributed by atoms with E-state index in [0.717, 1.165) is 25.3 Å². The van der Waals surface area contributed by atoms with Gasteiger partial charge in [-0.1, -0.05) is 6.92 Å². The molecule has 1 N–H and O–H groups in total. The van der Waals surface area contributed by atoms with Gasteiger partial charge in [-0.25, -0.2) is 0 Å². The maximum atomic E-state index is 5.00. The molecule has 14 heavy (non-hydrogen) atoms. The molecule has 1 aromatic rings. The molecule has 0 atom stereocenters. The first kappa shape index (κ1) is 11.2. The summed E-state index contributed by atoms with van der Waals surface area (Å²) in [7, 11) is 1.70. The summed E-state index contributed by atoms with van der Waals surface area (Å²) >= 11 is 0. The maximum absolute atomic E-state index is 5.00. The summed E-state index contributed by atoms with van der Waals surface area (Å²) in [6.45, 7) is 7.56. The molecule has 4 nitrogen and oxygen atoms in total. The molecule has 0 spiro atoms. The van der Waals surface area contributed by atoms with Crippen LogP contribution in [0.5, 0.6) is 0 Å². The molecule has 0 radical (unpaired) electrons. The van der Waals surface area contributed by atoms with Gasteiger partial charge in [0.25, 0.3) is 0 Å². The number of methoxy groups -OCH3 is 1. The van der Waals surface area contributed by atoms with Gasteiger partial charge < -0.3 is 10.1 Å². The van der Waals surface area contributed by atoms with Crippen LogP contribution in [0.2, 0.25) is 0 Å². The van der Waals surface area contributed by atoms with Gasteiger partial charge in [0.1, 0.15) is 0 Å². The third kappa shape index (κ3) is 3.12. The number of nitrogens with zero attached hydrogens (tertiary/aromatic N) is 2. The zero-order chi connectivity index (χ0) is 10.4. The minimum absolute atomic E-state index is 0.710. The Kier molecular flexibility index (Phi) is 4.62. The lowest BCUT2D eigenvalue weighted by atomic mass is 10.2. The normalized spacial score (nSPS) is 10.8. The van der Waals surface area contributed by atoms with Gasteiger partial charge >= 0.3 is 0 Å². The van der Waals surface area contributed by atoms with Crippen LogP contribution in [0.4, 0.5) is 0 Å². The second-order valence-electron chi connectivity index (χ2n) is 3.28. The van der Waals surface area contributed by atoms with Crippen molar-refractivity contribution in [3.05, 3.63) is 17.5 Å². The zero-order valence-corrected chi connectivity index (χ0v) is 9.21. The van der Waals surface area contributed by atoms with Crippen LogP contribution in [-0.4, -0.2) is 30.0 Å². The molecule has 80 valence electrons. The Morgan fingerprint density at radius 3 is 3.00 bits per heavy atom. The Morgan fingerprint density at radius 2 is 2.36 bits per heavy atom. The van der Waals surface area contributed by atoms with E-state index in [1.54, 1.807) is 7.11 Å². The fourth-order valence-electron chi connectivity index (χ4n) is 1.29. The SMILES string of the molecule is CCNCc1cn(CCOC)nc1C. The van der Waals surface area contributed by atoms with Gasteiger partial charge in [0.05, 0.1) is 18.8 Å². The summed E-state index contributed by atoms with van der Waals surface area (Å²) in [5.41, 5.74) is 2.37. The Bertz CT molecular complexity index is 270. The molecule has 1 rings (SSSR count). The van der Waals surface area contributed by atoms with Gasteiger partial charge in [-0.05, 0) is 13.5 Å². The van der Waals surface area contributed by atoms with Gasteiger partial charge in [0.2, 0.25) is 0 Å². The van der Waals surface area contributed by atoms with E-state index in [4.69, 9.17) is 4.74 Å². The fraction of sp³-hybridized carbons (Fsp3) is 0.700. The van der Waals surface area contributed by atoms with Crippen molar-refractivity contribution in [3.63, 3.8) is 0 Å². The van der Waals surface area contributed by atoms with Crippen LogP contribution in [-0.2, 0) is 17.8 Å². The smallest absolute Gasteiger partial charge is 0.0658 e. The predicted molar refractivity (Wildman–Crippen MR) is 56.2 cm³/mol. The molecule has 4 heteroatoms. The van der Waals surface area contributed by atoms with Gasteiger partial charge in [-0.2, -0.15) is 5.10 Å². The maximum Gasteiger partial charge on any atom is 0.0658 e. The Morgan fingerprint density at radius 1 is 1.57 bits per heavy atom. The monoisotopic (exact) mass is 197 g/mol. The van der Waals surface area contributed by atoms with Crippen molar-refractivity contribution in [2.45, 2.75) is 26.9 Å². The fourth-order valence-corrected chi connectivity index (χ4v) is 1.29. The number of nitrogens with one attached hydrogen (secondary N) is 1. The zero-order valence-electron chi connectivity index (χ0n) is 9.21. The molecule has 0 saturated carbocycles. The topological polar surface area (TPSA) is 39.1 Å². The van der Waals surface area contributed by atoms with Crippen LogP contribution in [0.1, 0.15) is 18.2 Å². The highest BCUT2D eigenvalue weighted by Gasteiger charge is 2.03. The van der Waals surface area contributed by atoms with Crippen molar-refractivity contribution < 1.29 is 4.74 Å². The average molecular weight is 197 g/mol. The van der Waals surface area contributed by atoms with Crippen LogP contribution < -0.4 is 5.32 Å². The molecule has 0 amide bonds. The Labute approximate surface area is 85.3 Å². The number of rotatable bonds is 6. The molecule has 0 aliphatic rings. The molecule has 0 unspecified atom stereocenters. The number of hydrogen-bond acceptors (Lipinski definition) is 3. The quantitative estimate of drug-likeness (QED) is 0.738. The number of aryl methyl sites for hydroxylation is 1. The molecule has 0 aromatic carbocycles. The standard InChI is InChI=1S/C10H19N3O/c1-4-11-7-10-8-13(5-6-14-3)12-9(10)2/h8,11H,4-7H2,1-3H3. The number of hydrogen-bond donors (Lipinski definition) is 1. The number of aromatic nitrogens is 2. The van der Waals surface area contributed by atoms with E-state index in [-0.39, 0.29) is 0 Å². The molecular formula is C10H19N3O. The van der Waals surface area contributed by atoms with E-state index >= 15 is 0 Å². The second kappa shape index (κ2) is 5.78. The molecule has 1 heterocycles. The number of ether oxygens (including phenoxy) is 1. The lowest BCUT2D eigenvalue weighted by molar-refractivity contribution is 0.183. The van der Waals surface area contributed by atoms with Crippen molar-refractivity contribution in [2.24, 2.45) is 0 Å². The van der Waals surface area contributed by atoms with Gasteiger partial charge in [0.15, 0.2) is 0 Å². The molecule has 0 aliphatic heterocycles. The van der Waals surface area contributed by atoms with Gasteiger partial charge in [0, 0.05) is 25.4 Å². The largest absolute Gasteiger partial charge is 0.383 e. The summed E-state index contributed by atoms with van der Waals surface area (Å²) in [5.74, 6) is 0. The van der Waals surface area contributed by atoms with Crippen LogP contribution in [0.3, 0.4) is 0 Å². The summed E-state index contributed by atoms with van der Waals surface area (Å²) in [6, 6.07) is 0. The lowest BCUT2D eigenvalue weighted by Gasteiger charge is -1.99. The molecule has 0 saturated heterocycles. The molecule has 0 fully saturated rings. The summed E-state index contributed by atoms with van der Waals surface area (Å²) in [5, 5.41) is 7.69. The van der Waals surface area contributed by atoms with Gasteiger partial charge in [-0.15, -0.1) is 0 Å². The molecule has 0 aliphatic carbocycles. The van der Waals surface area contributed by atoms with E-state index in [9.17, 15) is 0 Å². The third-order valence-electron chi connectivity index (χ3n) is 2.14. The average Bonchev–Trinajstić information content (AvgIpc) is 2.53. The van der Waals surface area contributed by atoms with E-state index in [2.05, 4.69) is 23.5 Å². The summed E-state index contributed by atoms with van der Waals surface area (Å²) in [4.78, 5) is 0. The van der Waals surface area contributed by atoms with Crippen molar-refractivity contribution in [1.29, 1.82) is 0 Å². The molecular weight excluding hydrogens is 178 g/mol. The predicted octanol–water partition coefficient (Wildman–Crippen LogP) is 0.947. The Balaban J connectivity index is 2.53. The highest BCUT2D eigenvalue weighted by molar-refractivity contribution is 5.14.